The summed E-state index contributed by atoms with van der Waals surface area (Å²) in [6.07, 6.45) is 1.74. The van der Waals surface area contributed by atoms with Gasteiger partial charge in [0.2, 0.25) is 76.8 Å². The normalized spacial score (nSPS) is 16.0. The second-order valence-electron chi connectivity index (χ2n) is 28.1. The van der Waals surface area contributed by atoms with Crippen LogP contribution in [0.25, 0.3) is 0 Å². The zero-order valence-corrected chi connectivity index (χ0v) is 64.8. The van der Waals surface area contributed by atoms with Crippen molar-refractivity contribution in [3.05, 3.63) is 48.0 Å². The molecule has 3 rings (SSSR count). The van der Waals surface area contributed by atoms with Crippen LogP contribution in [0.1, 0.15) is 150 Å². The van der Waals surface area contributed by atoms with E-state index in [1.54, 1.807) is 67.5 Å². The second kappa shape index (κ2) is 48.6. The highest BCUT2D eigenvalue weighted by Gasteiger charge is 2.39. The Morgan fingerprint density at radius 1 is 0.541 bits per heavy atom. The molecule has 1 aliphatic rings. The summed E-state index contributed by atoms with van der Waals surface area (Å²) < 4.78 is 0. The van der Waals surface area contributed by atoms with Gasteiger partial charge in [0.25, 0.3) is 0 Å². The minimum atomic E-state index is -1.67. The Kier molecular flexibility index (Phi) is 41.3. The molecule has 27 N–H and O–H groups in total. The first kappa shape index (κ1) is 94.3. The van der Waals surface area contributed by atoms with Crippen LogP contribution in [-0.2, 0) is 84.8 Å². The Morgan fingerprint density at radius 2 is 1.00 bits per heavy atom. The van der Waals surface area contributed by atoms with Gasteiger partial charge in [-0.05, 0) is 106 Å². The third-order valence-corrected chi connectivity index (χ3v) is 18.6. The molecule has 618 valence electrons. The highest BCUT2D eigenvalue weighted by molar-refractivity contribution is 7.80. The lowest BCUT2D eigenvalue weighted by Crippen LogP contribution is -2.62. The number of nitrogens with two attached hydrogens (primary N) is 3. The number of guanidine groups is 2. The number of phenolic OH excluding ortho intramolecular Hbond substituents is 1. The fourth-order valence-corrected chi connectivity index (χ4v) is 11.7. The maximum Gasteiger partial charge on any atom is 0.326 e. The zero-order chi connectivity index (χ0) is 83.2. The number of aromatic hydroxyl groups is 1. The molecule has 0 bridgehead atoms. The van der Waals surface area contributed by atoms with E-state index in [4.69, 9.17) is 28.0 Å². The van der Waals surface area contributed by atoms with E-state index >= 15 is 0 Å². The largest absolute Gasteiger partial charge is 0.508 e. The highest BCUT2D eigenvalue weighted by Crippen LogP contribution is 2.18. The predicted octanol–water partition coefficient (Wildman–Crippen LogP) is -4.43. The number of aromatic amines is 1. The number of benzene rings is 1. The average Bonchev–Trinajstić information content (AvgIpc) is 1.11. The number of aliphatic carboxylic acids is 2. The van der Waals surface area contributed by atoms with Crippen LogP contribution in [0.15, 0.2) is 36.8 Å². The molecule has 1 fully saturated rings. The van der Waals surface area contributed by atoms with Gasteiger partial charge in [-0.15, -0.1) is 0 Å². The summed E-state index contributed by atoms with van der Waals surface area (Å²) in [7, 11) is 0. The van der Waals surface area contributed by atoms with Crippen LogP contribution in [0, 0.1) is 34.5 Å². The first-order valence-electron chi connectivity index (χ1n) is 37.0. The molecule has 1 aromatic carbocycles. The van der Waals surface area contributed by atoms with Crippen LogP contribution in [0.3, 0.4) is 0 Å². The lowest BCUT2D eigenvalue weighted by molar-refractivity contribution is -0.143. The second-order valence-corrected chi connectivity index (χ2v) is 28.4. The Labute approximate surface area is 649 Å². The van der Waals surface area contributed by atoms with E-state index in [9.17, 15) is 87.2 Å². The number of hydrogen-bond donors (Lipinski definition) is 25. The van der Waals surface area contributed by atoms with E-state index in [-0.39, 0.29) is 94.0 Å². The third kappa shape index (κ3) is 34.7. The van der Waals surface area contributed by atoms with Crippen molar-refractivity contribution in [3.8, 4) is 5.75 Å². The number of hydrogen-bond acceptors (Lipinski definition) is 21. The molecule has 111 heavy (non-hydrogen) atoms. The summed E-state index contributed by atoms with van der Waals surface area (Å²) in [6.45, 7) is 13.1. The molecule has 41 heteroatoms. The first-order chi connectivity index (χ1) is 52.4. The topological polar surface area (TPSA) is 652 Å². The zero-order valence-electron chi connectivity index (χ0n) is 63.9. The van der Waals surface area contributed by atoms with Crippen molar-refractivity contribution in [2.24, 2.45) is 40.9 Å². The molecule has 40 nitrogen and oxygen atoms in total. The van der Waals surface area contributed by atoms with E-state index < -0.39 is 223 Å². The minimum absolute atomic E-state index is 0.0110. The molecule has 1 aliphatic heterocycles. The number of aromatic nitrogens is 2. The molecule has 0 unspecified atom stereocenters. The lowest BCUT2D eigenvalue weighted by Gasteiger charge is -2.31. The van der Waals surface area contributed by atoms with Gasteiger partial charge < -0.3 is 117 Å². The number of carbonyl (C=O) groups is 15. The number of amides is 13. The monoisotopic (exact) mass is 1580 g/mol. The Morgan fingerprint density at radius 3 is 1.45 bits per heavy atom. The standard InChI is InChI=1S/C70H114N22O18S/c1-9-37(7)55(67(108)88-47(28-35(3)4)63(104)85-46(22-24-53(96)97)60(101)89-49(68(109)110)30-40-31-76-34-81-40)91-62(103)44(16-13-27-79-70(74)75)83-59(100)45(21-23-51(71)94)86-66(107)56(38(8)10-2)92-65(106)54(36(5)6)90-61(102)43(15-12-26-78-69(72)73)84-64(105)50(33-111)82-52(95)32-80-57(98)48(29-39-17-19-41(93)20-18-39)87-58(99)42-14-11-25-77-42/h17-20,31,34-38,42-50,54-56,77,93,111H,9-16,21-30,32-33H2,1-8H3,(H2,71,94)(H,76,81)(H,80,98)(H,82,95)(H,83,100)(H,84,105)(H,85,104)(H,86,107)(H,87,99)(H,88,108)(H,89,101)(H,90,102)(H,91,103)(H,92,106)(H,96,97)(H,109,110)(H4,72,73,78)(H4,74,75,79)/t37-,38-,42-,43-,44-,45-,46-,47-,48-,49-,50-,54-,55-,56-/m0/s1. The number of imidazole rings is 1. The number of rotatable bonds is 51. The summed E-state index contributed by atoms with van der Waals surface area (Å²) >= 11 is 4.26. The number of phenols is 1. The number of carbonyl (C=O) groups excluding carboxylic acids is 13. The van der Waals surface area contributed by atoms with Gasteiger partial charge in [0.1, 0.15) is 72.2 Å². The minimum Gasteiger partial charge on any atom is -0.508 e. The number of carboxylic acids is 2. The van der Waals surface area contributed by atoms with E-state index in [1.165, 1.54) is 24.7 Å². The Bertz CT molecular complexity index is 3490. The van der Waals surface area contributed by atoms with Crippen LogP contribution in [0.4, 0.5) is 0 Å². The van der Waals surface area contributed by atoms with Crippen molar-refractivity contribution in [2.45, 2.75) is 224 Å². The van der Waals surface area contributed by atoms with E-state index in [0.29, 0.717) is 18.5 Å². The molecule has 0 aliphatic carbocycles. The van der Waals surface area contributed by atoms with Crippen LogP contribution in [0.2, 0.25) is 0 Å². The lowest BCUT2D eigenvalue weighted by atomic mass is 9.95. The van der Waals surface area contributed by atoms with Crippen LogP contribution in [0.5, 0.6) is 5.75 Å². The van der Waals surface area contributed by atoms with Crippen molar-refractivity contribution in [2.75, 3.05) is 31.9 Å². The molecular formula is C70H114N22O18S. The molecule has 2 aromatic rings. The van der Waals surface area contributed by atoms with Crippen LogP contribution < -0.4 is 97.0 Å². The average molecular weight is 1580 g/mol. The molecule has 1 saturated heterocycles. The van der Waals surface area contributed by atoms with Crippen molar-refractivity contribution < 1.29 is 87.2 Å². The number of nitrogens with zero attached hydrogens (tertiary/aromatic N) is 1. The van der Waals surface area contributed by atoms with E-state index in [0.717, 1.165) is 6.42 Å². The van der Waals surface area contributed by atoms with Gasteiger partial charge in [-0.2, -0.15) is 12.6 Å². The maximum atomic E-state index is 14.7. The molecule has 0 radical (unpaired) electrons. The summed E-state index contributed by atoms with van der Waals surface area (Å²) in [5, 5.41) is 83.6. The molecule has 0 spiro atoms. The van der Waals surface area contributed by atoms with Gasteiger partial charge in [0.05, 0.1) is 24.6 Å². The smallest absolute Gasteiger partial charge is 0.326 e. The molecule has 14 atom stereocenters. The van der Waals surface area contributed by atoms with Crippen molar-refractivity contribution >= 4 is 113 Å². The first-order valence-corrected chi connectivity index (χ1v) is 37.6. The summed E-state index contributed by atoms with van der Waals surface area (Å²) in [4.78, 5) is 213. The van der Waals surface area contributed by atoms with Gasteiger partial charge >= 0.3 is 11.9 Å². The summed E-state index contributed by atoms with van der Waals surface area (Å²) in [5.41, 5.74) is 17.4. The molecule has 13 amide bonds. The summed E-state index contributed by atoms with van der Waals surface area (Å²) in [5.74, 6) is -18.0. The number of primary amides is 1. The molecule has 1 aromatic heterocycles. The quantitative estimate of drug-likeness (QED) is 0.0129. The molecule has 2 heterocycles. The molecule has 0 saturated carbocycles. The molecular weight excluding hydrogens is 1470 g/mol. The predicted molar refractivity (Wildman–Crippen MR) is 408 cm³/mol. The fraction of sp³-hybridized carbons (Fsp3) is 0.629. The summed E-state index contributed by atoms with van der Waals surface area (Å²) in [6, 6.07) is -10.9. The van der Waals surface area contributed by atoms with Crippen molar-refractivity contribution in [1.82, 2.24) is 89.7 Å². The SMILES string of the molecule is CC[C@H](C)[C@H](NC(=O)[C@H](CCCNC(=N)N)NC(=O)[C@H](CCC(N)=O)NC(=O)[C@@H](NC(=O)[C@@H](NC(=O)[C@H](CCCNC(=N)N)NC(=O)[C@H](CS)NC(=O)CNC(=O)[C@H](Cc1ccc(O)cc1)NC(=O)[C@@H]1CCCN1)C(C)C)[C@@H](C)CC)C(=O)N[C@@H](CC(C)C)C(=O)N[C@@H](CCC(=O)O)C(=O)N[C@@H](Cc1c[nH]cn1)C(=O)O. The van der Waals surface area contributed by atoms with Gasteiger partial charge in [-0.25, -0.2) is 9.78 Å². The number of nitrogens with one attached hydrogen (secondary N) is 18. The van der Waals surface area contributed by atoms with Gasteiger partial charge in [0.15, 0.2) is 11.9 Å². The Hall–Kier alpha value is -10.9. The van der Waals surface area contributed by atoms with Gasteiger partial charge in [-0.1, -0.05) is 80.4 Å². The van der Waals surface area contributed by atoms with E-state index in [2.05, 4.69) is 102 Å². The van der Waals surface area contributed by atoms with E-state index in [1.807, 2.05) is 0 Å². The Balaban J connectivity index is 1.90. The van der Waals surface area contributed by atoms with Crippen LogP contribution in [-0.4, -0.2) is 230 Å². The van der Waals surface area contributed by atoms with Gasteiger partial charge in [-0.3, -0.25) is 77.9 Å². The number of H-pyrrole nitrogens is 1. The van der Waals surface area contributed by atoms with Crippen LogP contribution >= 0.6 is 12.6 Å². The third-order valence-electron chi connectivity index (χ3n) is 18.2. The highest BCUT2D eigenvalue weighted by atomic mass is 32.1. The number of thiol groups is 1. The van der Waals surface area contributed by atoms with Crippen molar-refractivity contribution in [1.29, 1.82) is 10.8 Å². The number of carboxylic acid groups (broad SMARTS) is 2. The van der Waals surface area contributed by atoms with Crippen molar-refractivity contribution in [3.63, 3.8) is 0 Å². The fourth-order valence-electron chi connectivity index (χ4n) is 11.5. The van der Waals surface area contributed by atoms with Gasteiger partial charge in [0, 0.05) is 50.7 Å². The maximum absolute atomic E-state index is 14.7.